The highest BCUT2D eigenvalue weighted by atomic mass is 16.3. The Kier molecular flexibility index (Phi) is 5.93. The highest BCUT2D eigenvalue weighted by molar-refractivity contribution is 5.81. The number of nitrogens with one attached hydrogen (secondary N) is 1. The van der Waals surface area contributed by atoms with E-state index in [4.69, 9.17) is 0 Å². The van der Waals surface area contributed by atoms with E-state index >= 15 is 0 Å². The topological polar surface area (TPSA) is 52.6 Å². The molecule has 1 amide bonds. The van der Waals surface area contributed by atoms with Gasteiger partial charge in [0.05, 0.1) is 17.7 Å². The number of rotatable bonds is 6. The summed E-state index contributed by atoms with van der Waals surface area (Å²) in [4.78, 5) is 14.2. The van der Waals surface area contributed by atoms with Gasteiger partial charge in [-0.1, -0.05) is 24.3 Å². The minimum atomic E-state index is -0.815. The number of hydrogen-bond donors (Lipinski definition) is 2. The summed E-state index contributed by atoms with van der Waals surface area (Å²) >= 11 is 0. The zero-order valence-electron chi connectivity index (χ0n) is 14.0. The van der Waals surface area contributed by atoms with Crippen LogP contribution < -0.4 is 5.32 Å². The Bertz CT molecular complexity index is 480. The molecular formula is C17H28N2O2. The van der Waals surface area contributed by atoms with Crippen molar-refractivity contribution in [2.24, 2.45) is 0 Å². The second-order valence-corrected chi connectivity index (χ2v) is 6.49. The summed E-state index contributed by atoms with van der Waals surface area (Å²) in [6, 6.07) is 7.73. The first kappa shape index (κ1) is 17.7. The Morgan fingerprint density at radius 2 is 1.90 bits per heavy atom. The minimum Gasteiger partial charge on any atom is -0.389 e. The van der Waals surface area contributed by atoms with Crippen molar-refractivity contribution in [1.82, 2.24) is 10.2 Å². The lowest BCUT2D eigenvalue weighted by Gasteiger charge is -2.30. The van der Waals surface area contributed by atoms with Crippen molar-refractivity contribution in [1.29, 1.82) is 0 Å². The van der Waals surface area contributed by atoms with E-state index in [1.165, 1.54) is 5.56 Å². The Labute approximate surface area is 128 Å². The lowest BCUT2D eigenvalue weighted by molar-refractivity contribution is -0.126. The van der Waals surface area contributed by atoms with Gasteiger partial charge in [0.1, 0.15) is 0 Å². The predicted octanol–water partition coefficient (Wildman–Crippen LogP) is 2.26. The summed E-state index contributed by atoms with van der Waals surface area (Å²) in [6.45, 7) is 9.81. The fourth-order valence-electron chi connectivity index (χ4n) is 2.43. The molecule has 0 bridgehead atoms. The first-order valence-electron chi connectivity index (χ1n) is 7.40. The van der Waals surface area contributed by atoms with E-state index in [9.17, 15) is 9.90 Å². The molecule has 0 fully saturated rings. The van der Waals surface area contributed by atoms with Gasteiger partial charge in [-0.25, -0.2) is 0 Å². The number of likely N-dealkylation sites (N-methyl/N-ethyl adjacent to an activating group) is 1. The van der Waals surface area contributed by atoms with Crippen molar-refractivity contribution >= 4 is 5.91 Å². The van der Waals surface area contributed by atoms with E-state index < -0.39 is 5.60 Å². The van der Waals surface area contributed by atoms with Gasteiger partial charge in [0, 0.05) is 6.54 Å². The molecule has 2 unspecified atom stereocenters. The van der Waals surface area contributed by atoms with Gasteiger partial charge in [-0.15, -0.1) is 0 Å². The molecule has 1 aromatic rings. The molecule has 0 saturated carbocycles. The van der Waals surface area contributed by atoms with Crippen LogP contribution in [0.2, 0.25) is 0 Å². The third-order valence-corrected chi connectivity index (χ3v) is 3.69. The quantitative estimate of drug-likeness (QED) is 0.845. The maximum atomic E-state index is 12.3. The highest BCUT2D eigenvalue weighted by Crippen LogP contribution is 2.17. The van der Waals surface area contributed by atoms with Gasteiger partial charge >= 0.3 is 0 Å². The van der Waals surface area contributed by atoms with Crippen molar-refractivity contribution in [3.05, 3.63) is 35.4 Å². The van der Waals surface area contributed by atoms with Crippen molar-refractivity contribution in [3.63, 3.8) is 0 Å². The summed E-state index contributed by atoms with van der Waals surface area (Å²) in [6.07, 6.45) is 0. The Hall–Kier alpha value is -1.39. The summed E-state index contributed by atoms with van der Waals surface area (Å²) in [5.74, 6) is -0.0301. The third kappa shape index (κ3) is 5.48. The van der Waals surface area contributed by atoms with Crippen LogP contribution in [0.15, 0.2) is 24.3 Å². The standard InChI is InChI=1S/C17H28N2O2/c1-12-9-7-8-10-15(12)13(2)18-16(20)14(3)19(6)11-17(4,5)21/h7-10,13-14,21H,11H2,1-6H3,(H,18,20). The van der Waals surface area contributed by atoms with Gasteiger partial charge in [-0.05, 0) is 52.8 Å². The molecule has 2 N–H and O–H groups in total. The molecule has 21 heavy (non-hydrogen) atoms. The Morgan fingerprint density at radius 1 is 1.33 bits per heavy atom. The highest BCUT2D eigenvalue weighted by Gasteiger charge is 2.24. The van der Waals surface area contributed by atoms with Gasteiger partial charge in [0.25, 0.3) is 0 Å². The van der Waals surface area contributed by atoms with Crippen LogP contribution in [0.3, 0.4) is 0 Å². The minimum absolute atomic E-state index is 0.0301. The fourth-order valence-corrected chi connectivity index (χ4v) is 2.43. The first-order chi connectivity index (χ1) is 9.61. The van der Waals surface area contributed by atoms with Gasteiger partial charge in [0.2, 0.25) is 5.91 Å². The number of benzene rings is 1. The monoisotopic (exact) mass is 292 g/mol. The number of amides is 1. The molecule has 0 aliphatic carbocycles. The van der Waals surface area contributed by atoms with Gasteiger partial charge in [-0.2, -0.15) is 0 Å². The van der Waals surface area contributed by atoms with Crippen LogP contribution in [0.5, 0.6) is 0 Å². The summed E-state index contributed by atoms with van der Waals surface area (Å²) < 4.78 is 0. The van der Waals surface area contributed by atoms with E-state index in [1.54, 1.807) is 13.8 Å². The van der Waals surface area contributed by atoms with Crippen molar-refractivity contribution in [3.8, 4) is 0 Å². The van der Waals surface area contributed by atoms with Crippen molar-refractivity contribution in [2.75, 3.05) is 13.6 Å². The lowest BCUT2D eigenvalue weighted by Crippen LogP contribution is -2.48. The predicted molar refractivity (Wildman–Crippen MR) is 86.1 cm³/mol. The van der Waals surface area contributed by atoms with Crippen LogP contribution in [-0.2, 0) is 4.79 Å². The molecule has 0 radical (unpaired) electrons. The largest absolute Gasteiger partial charge is 0.389 e. The van der Waals surface area contributed by atoms with Gasteiger partial charge in [-0.3, -0.25) is 9.69 Å². The molecule has 2 atom stereocenters. The summed E-state index contributed by atoms with van der Waals surface area (Å²) in [7, 11) is 1.85. The molecule has 1 aromatic carbocycles. The van der Waals surface area contributed by atoms with Gasteiger partial charge < -0.3 is 10.4 Å². The Morgan fingerprint density at radius 3 is 2.43 bits per heavy atom. The number of aryl methyl sites for hydroxylation is 1. The average Bonchev–Trinajstić information content (AvgIpc) is 2.36. The van der Waals surface area contributed by atoms with E-state index in [-0.39, 0.29) is 18.0 Å². The van der Waals surface area contributed by atoms with Crippen LogP contribution in [0, 0.1) is 6.92 Å². The van der Waals surface area contributed by atoms with E-state index in [0.717, 1.165) is 5.56 Å². The molecule has 0 aliphatic rings. The molecular weight excluding hydrogens is 264 g/mol. The molecule has 0 aliphatic heterocycles. The zero-order valence-corrected chi connectivity index (χ0v) is 14.0. The summed E-state index contributed by atoms with van der Waals surface area (Å²) in [5, 5.41) is 12.9. The van der Waals surface area contributed by atoms with E-state index in [1.807, 2.05) is 57.0 Å². The van der Waals surface area contributed by atoms with Crippen LogP contribution in [0.4, 0.5) is 0 Å². The molecule has 0 spiro atoms. The molecule has 1 rings (SSSR count). The molecule has 0 heterocycles. The smallest absolute Gasteiger partial charge is 0.237 e. The maximum Gasteiger partial charge on any atom is 0.237 e. The van der Waals surface area contributed by atoms with Gasteiger partial charge in [0.15, 0.2) is 0 Å². The second kappa shape index (κ2) is 7.05. The normalized spacial score (nSPS) is 14.9. The number of carbonyl (C=O) groups is 1. The van der Waals surface area contributed by atoms with E-state index in [0.29, 0.717) is 6.54 Å². The van der Waals surface area contributed by atoms with Crippen molar-refractivity contribution in [2.45, 2.75) is 52.3 Å². The van der Waals surface area contributed by atoms with Crippen LogP contribution >= 0.6 is 0 Å². The molecule has 118 valence electrons. The molecule has 4 nitrogen and oxygen atoms in total. The fraction of sp³-hybridized carbons (Fsp3) is 0.588. The SMILES string of the molecule is Cc1ccccc1C(C)NC(=O)C(C)N(C)CC(C)(C)O. The van der Waals surface area contributed by atoms with Crippen LogP contribution in [-0.4, -0.2) is 41.1 Å². The third-order valence-electron chi connectivity index (χ3n) is 3.69. The van der Waals surface area contributed by atoms with E-state index in [2.05, 4.69) is 5.32 Å². The average molecular weight is 292 g/mol. The Balaban J connectivity index is 2.66. The molecule has 0 aromatic heterocycles. The number of carbonyl (C=O) groups excluding carboxylic acids is 1. The maximum absolute atomic E-state index is 12.3. The zero-order chi connectivity index (χ0) is 16.2. The molecule has 0 saturated heterocycles. The number of nitrogens with zero attached hydrogens (tertiary/aromatic N) is 1. The number of hydrogen-bond acceptors (Lipinski definition) is 3. The van der Waals surface area contributed by atoms with Crippen LogP contribution in [0.25, 0.3) is 0 Å². The molecule has 4 heteroatoms. The second-order valence-electron chi connectivity index (χ2n) is 6.49. The first-order valence-corrected chi connectivity index (χ1v) is 7.40. The van der Waals surface area contributed by atoms with Crippen LogP contribution in [0.1, 0.15) is 44.9 Å². The van der Waals surface area contributed by atoms with Crippen molar-refractivity contribution < 1.29 is 9.90 Å². The lowest BCUT2D eigenvalue weighted by atomic mass is 10.0. The summed E-state index contributed by atoms with van der Waals surface area (Å²) in [5.41, 5.74) is 1.48. The number of aliphatic hydroxyl groups is 1.